The maximum atomic E-state index is 12.1. The summed E-state index contributed by atoms with van der Waals surface area (Å²) in [6.45, 7) is 3.13. The quantitative estimate of drug-likeness (QED) is 0.817. The van der Waals surface area contributed by atoms with Crippen molar-refractivity contribution in [2.45, 2.75) is 19.4 Å². The van der Waals surface area contributed by atoms with Gasteiger partial charge in [-0.3, -0.25) is 9.59 Å². The molecule has 2 aromatic rings. The average molecular weight is 395 g/mol. The van der Waals surface area contributed by atoms with Gasteiger partial charge in [-0.2, -0.15) is 0 Å². The second-order valence-corrected chi connectivity index (χ2v) is 7.03. The van der Waals surface area contributed by atoms with Crippen LogP contribution in [0.3, 0.4) is 0 Å². The first-order chi connectivity index (χ1) is 12.2. The number of anilines is 2. The highest BCUT2D eigenvalue weighted by atomic mass is 35.5. The number of nitrogens with one attached hydrogen (secondary N) is 2. The standard InChI is InChI=1S/C18H16Cl2N2O4/c1-18(2)17(24)22-13-8-11(4-6-15(13)26-18)21-16(23)9-25-14-5-3-10(19)7-12(14)20/h3-8H,9H2,1-2H3,(H,21,23)(H,22,24). The first kappa shape index (κ1) is 18.4. The summed E-state index contributed by atoms with van der Waals surface area (Å²) < 4.78 is 11.0. The molecular formula is C18H16Cl2N2O4. The number of hydrogen-bond donors (Lipinski definition) is 2. The van der Waals surface area contributed by atoms with E-state index in [4.69, 9.17) is 32.7 Å². The van der Waals surface area contributed by atoms with E-state index in [1.807, 2.05) is 0 Å². The van der Waals surface area contributed by atoms with E-state index in [0.29, 0.717) is 32.9 Å². The van der Waals surface area contributed by atoms with Crippen LogP contribution in [0.4, 0.5) is 11.4 Å². The van der Waals surface area contributed by atoms with Crippen molar-refractivity contribution in [3.63, 3.8) is 0 Å². The lowest BCUT2D eigenvalue weighted by atomic mass is 10.1. The maximum absolute atomic E-state index is 12.1. The SMILES string of the molecule is CC1(C)Oc2ccc(NC(=O)COc3ccc(Cl)cc3Cl)cc2NC1=O. The third-order valence-corrected chi connectivity index (χ3v) is 4.21. The van der Waals surface area contributed by atoms with Gasteiger partial charge in [0.15, 0.2) is 12.2 Å². The van der Waals surface area contributed by atoms with Crippen LogP contribution in [-0.4, -0.2) is 24.0 Å². The zero-order valence-corrected chi connectivity index (χ0v) is 15.6. The second kappa shape index (κ2) is 7.05. The molecule has 1 aliphatic rings. The minimum absolute atomic E-state index is 0.228. The predicted molar refractivity (Wildman–Crippen MR) is 100 cm³/mol. The maximum Gasteiger partial charge on any atom is 0.268 e. The summed E-state index contributed by atoms with van der Waals surface area (Å²) in [5.41, 5.74) is 0.0562. The van der Waals surface area contributed by atoms with Crippen molar-refractivity contribution in [1.29, 1.82) is 0 Å². The third kappa shape index (κ3) is 4.03. The molecule has 0 fully saturated rings. The number of benzene rings is 2. The average Bonchev–Trinajstić information content (AvgIpc) is 2.55. The largest absolute Gasteiger partial charge is 0.482 e. The fraction of sp³-hybridized carbons (Fsp3) is 0.222. The van der Waals surface area contributed by atoms with E-state index in [2.05, 4.69) is 10.6 Å². The minimum Gasteiger partial charge on any atom is -0.482 e. The van der Waals surface area contributed by atoms with Gasteiger partial charge in [-0.25, -0.2) is 0 Å². The molecule has 0 atom stereocenters. The molecule has 2 amide bonds. The van der Waals surface area contributed by atoms with Crippen LogP contribution >= 0.6 is 23.2 Å². The van der Waals surface area contributed by atoms with Crippen LogP contribution in [0.15, 0.2) is 36.4 Å². The fourth-order valence-corrected chi connectivity index (χ4v) is 2.78. The summed E-state index contributed by atoms with van der Waals surface area (Å²) in [4.78, 5) is 24.0. The van der Waals surface area contributed by atoms with E-state index in [-0.39, 0.29) is 18.4 Å². The van der Waals surface area contributed by atoms with Gasteiger partial charge in [-0.15, -0.1) is 0 Å². The van der Waals surface area contributed by atoms with Gasteiger partial charge in [0.1, 0.15) is 11.5 Å². The van der Waals surface area contributed by atoms with Crippen LogP contribution in [0.5, 0.6) is 11.5 Å². The zero-order chi connectivity index (χ0) is 18.9. The predicted octanol–water partition coefficient (Wildman–Crippen LogP) is 4.12. The Morgan fingerprint density at radius 1 is 1.23 bits per heavy atom. The molecule has 0 spiro atoms. The molecule has 2 N–H and O–H groups in total. The van der Waals surface area contributed by atoms with Crippen molar-refractivity contribution in [3.8, 4) is 11.5 Å². The molecule has 0 radical (unpaired) electrons. The zero-order valence-electron chi connectivity index (χ0n) is 14.1. The number of fused-ring (bicyclic) bond motifs is 1. The normalized spacial score (nSPS) is 14.7. The molecule has 3 rings (SSSR count). The Hall–Kier alpha value is -2.44. The van der Waals surface area contributed by atoms with Crippen LogP contribution in [0, 0.1) is 0 Å². The summed E-state index contributed by atoms with van der Waals surface area (Å²) in [7, 11) is 0. The highest BCUT2D eigenvalue weighted by molar-refractivity contribution is 6.35. The Balaban J connectivity index is 1.63. The molecule has 0 saturated heterocycles. The van der Waals surface area contributed by atoms with E-state index in [1.54, 1.807) is 44.2 Å². The molecule has 0 unspecified atom stereocenters. The molecule has 1 heterocycles. The first-order valence-corrected chi connectivity index (χ1v) is 8.52. The molecule has 2 aromatic carbocycles. The Bertz CT molecular complexity index is 883. The van der Waals surface area contributed by atoms with E-state index in [0.717, 1.165) is 0 Å². The highest BCUT2D eigenvalue weighted by Gasteiger charge is 2.35. The van der Waals surface area contributed by atoms with Crippen molar-refractivity contribution in [1.82, 2.24) is 0 Å². The molecule has 0 saturated carbocycles. The molecule has 136 valence electrons. The van der Waals surface area contributed by atoms with Gasteiger partial charge in [-0.05, 0) is 50.2 Å². The Labute approximate surface area is 160 Å². The van der Waals surface area contributed by atoms with E-state index >= 15 is 0 Å². The number of rotatable bonds is 4. The lowest BCUT2D eigenvalue weighted by Crippen LogP contribution is -2.45. The third-order valence-electron chi connectivity index (χ3n) is 3.68. The van der Waals surface area contributed by atoms with Gasteiger partial charge in [0.05, 0.1) is 10.7 Å². The molecule has 8 heteroatoms. The molecule has 0 bridgehead atoms. The molecule has 0 aliphatic carbocycles. The van der Waals surface area contributed by atoms with Gasteiger partial charge in [0.25, 0.3) is 11.8 Å². The fourth-order valence-electron chi connectivity index (χ4n) is 2.32. The Morgan fingerprint density at radius 3 is 2.73 bits per heavy atom. The molecule has 0 aromatic heterocycles. The number of carbonyl (C=O) groups is 2. The van der Waals surface area contributed by atoms with Crippen molar-refractivity contribution in [3.05, 3.63) is 46.4 Å². The lowest BCUT2D eigenvalue weighted by Gasteiger charge is -2.31. The van der Waals surface area contributed by atoms with E-state index < -0.39 is 5.60 Å². The summed E-state index contributed by atoms with van der Waals surface area (Å²) in [5, 5.41) is 6.25. The number of amides is 2. The molecule has 6 nitrogen and oxygen atoms in total. The summed E-state index contributed by atoms with van der Waals surface area (Å²) >= 11 is 11.8. The molecule has 26 heavy (non-hydrogen) atoms. The minimum atomic E-state index is -0.941. The van der Waals surface area contributed by atoms with Crippen LogP contribution in [-0.2, 0) is 9.59 Å². The van der Waals surface area contributed by atoms with E-state index in [1.165, 1.54) is 6.07 Å². The van der Waals surface area contributed by atoms with Gasteiger partial charge in [0.2, 0.25) is 0 Å². The second-order valence-electron chi connectivity index (χ2n) is 6.19. The van der Waals surface area contributed by atoms with E-state index in [9.17, 15) is 9.59 Å². The molecule has 1 aliphatic heterocycles. The Kier molecular flexibility index (Phi) is 4.98. The van der Waals surface area contributed by atoms with Crippen LogP contribution in [0.1, 0.15) is 13.8 Å². The van der Waals surface area contributed by atoms with Crippen molar-refractivity contribution < 1.29 is 19.1 Å². The molecular weight excluding hydrogens is 379 g/mol. The first-order valence-electron chi connectivity index (χ1n) is 7.77. The van der Waals surface area contributed by atoms with Crippen LogP contribution in [0.2, 0.25) is 10.0 Å². The number of hydrogen-bond acceptors (Lipinski definition) is 4. The number of halogens is 2. The van der Waals surface area contributed by atoms with Gasteiger partial charge in [0, 0.05) is 10.7 Å². The van der Waals surface area contributed by atoms with Gasteiger partial charge < -0.3 is 20.1 Å². The van der Waals surface area contributed by atoms with Gasteiger partial charge in [-0.1, -0.05) is 23.2 Å². The Morgan fingerprint density at radius 2 is 2.00 bits per heavy atom. The lowest BCUT2D eigenvalue weighted by molar-refractivity contribution is -0.129. The van der Waals surface area contributed by atoms with Crippen molar-refractivity contribution in [2.24, 2.45) is 0 Å². The summed E-state index contributed by atoms with van der Waals surface area (Å²) in [6, 6.07) is 9.72. The van der Waals surface area contributed by atoms with Crippen LogP contribution in [0.25, 0.3) is 0 Å². The van der Waals surface area contributed by atoms with Crippen molar-refractivity contribution >= 4 is 46.4 Å². The summed E-state index contributed by atoms with van der Waals surface area (Å²) in [6.07, 6.45) is 0. The monoisotopic (exact) mass is 394 g/mol. The highest BCUT2D eigenvalue weighted by Crippen LogP contribution is 2.35. The van der Waals surface area contributed by atoms with Crippen LogP contribution < -0.4 is 20.1 Å². The smallest absolute Gasteiger partial charge is 0.268 e. The summed E-state index contributed by atoms with van der Waals surface area (Å²) in [5.74, 6) is 0.268. The van der Waals surface area contributed by atoms with Crippen molar-refractivity contribution in [2.75, 3.05) is 17.2 Å². The number of carbonyl (C=O) groups excluding carboxylic acids is 2. The van der Waals surface area contributed by atoms with Gasteiger partial charge >= 0.3 is 0 Å². The number of ether oxygens (including phenoxy) is 2. The topological polar surface area (TPSA) is 76.7 Å².